The number of methoxy groups -OCH3 is 2. The number of piperidine rings is 1. The van der Waals surface area contributed by atoms with Crippen LogP contribution in [0, 0.1) is 0 Å². The molecule has 1 fully saturated rings. The van der Waals surface area contributed by atoms with E-state index < -0.39 is 6.04 Å². The molecule has 1 heterocycles. The average Bonchev–Trinajstić information content (AvgIpc) is 2.55. The van der Waals surface area contributed by atoms with Gasteiger partial charge in [0.2, 0.25) is 11.7 Å². The van der Waals surface area contributed by atoms with Gasteiger partial charge in [-0.25, -0.2) is 0 Å². The second kappa shape index (κ2) is 7.35. The first-order valence-corrected chi connectivity index (χ1v) is 7.48. The fraction of sp³-hybridized carbons (Fsp3) is 0.562. The zero-order valence-corrected chi connectivity index (χ0v) is 13.4. The Balaban J connectivity index is 2.01. The second-order valence-corrected chi connectivity index (χ2v) is 5.42. The average molecular weight is 308 g/mol. The Bertz CT molecular complexity index is 489. The van der Waals surface area contributed by atoms with Gasteiger partial charge in [-0.05, 0) is 19.1 Å². The van der Waals surface area contributed by atoms with Crippen molar-refractivity contribution >= 4 is 5.91 Å². The molecule has 0 unspecified atom stereocenters. The topological polar surface area (TPSA) is 74.0 Å². The Labute approximate surface area is 131 Å². The van der Waals surface area contributed by atoms with Gasteiger partial charge in [-0.2, -0.15) is 0 Å². The summed E-state index contributed by atoms with van der Waals surface area (Å²) >= 11 is 0. The van der Waals surface area contributed by atoms with Gasteiger partial charge in [0.25, 0.3) is 0 Å². The van der Waals surface area contributed by atoms with Crippen molar-refractivity contribution in [3.05, 3.63) is 18.2 Å². The summed E-state index contributed by atoms with van der Waals surface area (Å²) in [5, 5.41) is 0. The Hall–Kier alpha value is -1.95. The molecule has 1 amide bonds. The minimum Gasteiger partial charge on any atom is -0.493 e. The summed E-state index contributed by atoms with van der Waals surface area (Å²) in [6.07, 6.45) is 1.56. The summed E-state index contributed by atoms with van der Waals surface area (Å²) < 4.78 is 16.7. The van der Waals surface area contributed by atoms with Crippen LogP contribution in [0.1, 0.15) is 19.8 Å². The van der Waals surface area contributed by atoms with Crippen molar-refractivity contribution in [3.8, 4) is 17.2 Å². The summed E-state index contributed by atoms with van der Waals surface area (Å²) in [6.45, 7) is 3.02. The van der Waals surface area contributed by atoms with Crippen LogP contribution in [0.3, 0.4) is 0 Å². The Morgan fingerprint density at radius 2 is 1.77 bits per heavy atom. The van der Waals surface area contributed by atoms with Crippen LogP contribution in [-0.2, 0) is 4.79 Å². The predicted molar refractivity (Wildman–Crippen MR) is 83.4 cm³/mol. The molecule has 0 radical (unpaired) electrons. The molecule has 22 heavy (non-hydrogen) atoms. The van der Waals surface area contributed by atoms with Crippen molar-refractivity contribution in [2.24, 2.45) is 5.73 Å². The van der Waals surface area contributed by atoms with E-state index in [9.17, 15) is 4.79 Å². The number of hydrogen-bond acceptors (Lipinski definition) is 5. The maximum absolute atomic E-state index is 11.9. The van der Waals surface area contributed by atoms with Gasteiger partial charge in [0.1, 0.15) is 6.10 Å². The standard InChI is InChI=1S/C16H24N2O4/c1-11(17)16(19)18-9-7-12(8-10-18)22-15-13(20-2)5-4-6-14(15)21-3/h4-6,11-12H,7-10,17H2,1-3H3/t11-/m1/s1. The highest BCUT2D eigenvalue weighted by Crippen LogP contribution is 2.38. The number of benzene rings is 1. The number of carbonyl (C=O) groups excluding carboxylic acids is 1. The van der Waals surface area contributed by atoms with Gasteiger partial charge in [-0.1, -0.05) is 6.07 Å². The molecular weight excluding hydrogens is 284 g/mol. The smallest absolute Gasteiger partial charge is 0.239 e. The van der Waals surface area contributed by atoms with E-state index in [0.29, 0.717) is 30.3 Å². The van der Waals surface area contributed by atoms with Crippen LogP contribution in [0.4, 0.5) is 0 Å². The quantitative estimate of drug-likeness (QED) is 0.890. The molecule has 1 aromatic rings. The van der Waals surface area contributed by atoms with Crippen molar-refractivity contribution in [1.29, 1.82) is 0 Å². The molecule has 6 heteroatoms. The summed E-state index contributed by atoms with van der Waals surface area (Å²) in [5.41, 5.74) is 5.65. The molecule has 2 rings (SSSR count). The molecule has 6 nitrogen and oxygen atoms in total. The molecular formula is C16H24N2O4. The van der Waals surface area contributed by atoms with Crippen molar-refractivity contribution in [3.63, 3.8) is 0 Å². The molecule has 0 aliphatic carbocycles. The fourth-order valence-corrected chi connectivity index (χ4v) is 2.58. The van der Waals surface area contributed by atoms with Gasteiger partial charge in [0.05, 0.1) is 20.3 Å². The Kier molecular flexibility index (Phi) is 5.49. The van der Waals surface area contributed by atoms with Gasteiger partial charge < -0.3 is 24.8 Å². The number of nitrogens with zero attached hydrogens (tertiary/aromatic N) is 1. The fourth-order valence-electron chi connectivity index (χ4n) is 2.58. The van der Waals surface area contributed by atoms with Crippen LogP contribution in [0.25, 0.3) is 0 Å². The monoisotopic (exact) mass is 308 g/mol. The SMILES string of the molecule is COc1cccc(OC)c1OC1CCN(C(=O)[C@@H](C)N)CC1. The molecule has 0 saturated carbocycles. The number of para-hydroxylation sites is 1. The third kappa shape index (κ3) is 3.62. The van der Waals surface area contributed by atoms with Gasteiger partial charge in [-0.3, -0.25) is 4.79 Å². The molecule has 1 aliphatic heterocycles. The summed E-state index contributed by atoms with van der Waals surface area (Å²) in [7, 11) is 3.21. The number of rotatable bonds is 5. The van der Waals surface area contributed by atoms with E-state index in [1.165, 1.54) is 0 Å². The van der Waals surface area contributed by atoms with Crippen LogP contribution in [0.15, 0.2) is 18.2 Å². The van der Waals surface area contributed by atoms with Gasteiger partial charge in [-0.15, -0.1) is 0 Å². The summed E-state index contributed by atoms with van der Waals surface area (Å²) in [6, 6.07) is 5.08. The van der Waals surface area contributed by atoms with E-state index in [1.807, 2.05) is 18.2 Å². The highest BCUT2D eigenvalue weighted by atomic mass is 16.5. The lowest BCUT2D eigenvalue weighted by Gasteiger charge is -2.33. The molecule has 1 aliphatic rings. The van der Waals surface area contributed by atoms with E-state index in [1.54, 1.807) is 26.0 Å². The lowest BCUT2D eigenvalue weighted by Crippen LogP contribution is -2.47. The molecule has 2 N–H and O–H groups in total. The van der Waals surface area contributed by atoms with E-state index in [0.717, 1.165) is 12.8 Å². The molecule has 0 bridgehead atoms. The second-order valence-electron chi connectivity index (χ2n) is 5.42. The van der Waals surface area contributed by atoms with Crippen LogP contribution >= 0.6 is 0 Å². The van der Waals surface area contributed by atoms with E-state index in [2.05, 4.69) is 0 Å². The summed E-state index contributed by atoms with van der Waals surface area (Å²) in [4.78, 5) is 13.7. The third-order valence-electron chi connectivity index (χ3n) is 3.81. The first-order chi connectivity index (χ1) is 10.6. The van der Waals surface area contributed by atoms with E-state index in [4.69, 9.17) is 19.9 Å². The predicted octanol–water partition coefficient (Wildman–Crippen LogP) is 1.42. The Morgan fingerprint density at radius 1 is 1.23 bits per heavy atom. The third-order valence-corrected chi connectivity index (χ3v) is 3.81. The molecule has 122 valence electrons. The van der Waals surface area contributed by atoms with E-state index >= 15 is 0 Å². The largest absolute Gasteiger partial charge is 0.493 e. The van der Waals surface area contributed by atoms with E-state index in [-0.39, 0.29) is 12.0 Å². The molecule has 1 saturated heterocycles. The number of ether oxygens (including phenoxy) is 3. The van der Waals surface area contributed by atoms with Crippen molar-refractivity contribution < 1.29 is 19.0 Å². The number of likely N-dealkylation sites (tertiary alicyclic amines) is 1. The number of hydrogen-bond donors (Lipinski definition) is 1. The van der Waals surface area contributed by atoms with Gasteiger partial charge in [0.15, 0.2) is 11.5 Å². The Morgan fingerprint density at radius 3 is 2.23 bits per heavy atom. The number of carbonyl (C=O) groups is 1. The normalized spacial score (nSPS) is 17.0. The van der Waals surface area contributed by atoms with Crippen LogP contribution < -0.4 is 19.9 Å². The lowest BCUT2D eigenvalue weighted by molar-refractivity contribution is -0.134. The molecule has 0 spiro atoms. The zero-order chi connectivity index (χ0) is 16.1. The number of nitrogens with two attached hydrogens (primary N) is 1. The minimum atomic E-state index is -0.452. The highest BCUT2D eigenvalue weighted by molar-refractivity contribution is 5.81. The molecule has 1 aromatic carbocycles. The van der Waals surface area contributed by atoms with Crippen LogP contribution in [0.5, 0.6) is 17.2 Å². The lowest BCUT2D eigenvalue weighted by atomic mass is 10.1. The number of amides is 1. The minimum absolute atomic E-state index is 0.00618. The van der Waals surface area contributed by atoms with Gasteiger partial charge in [0, 0.05) is 25.9 Å². The van der Waals surface area contributed by atoms with Crippen LogP contribution in [0.2, 0.25) is 0 Å². The maximum Gasteiger partial charge on any atom is 0.239 e. The van der Waals surface area contributed by atoms with Crippen molar-refractivity contribution in [2.45, 2.75) is 31.9 Å². The highest BCUT2D eigenvalue weighted by Gasteiger charge is 2.26. The van der Waals surface area contributed by atoms with Crippen molar-refractivity contribution in [1.82, 2.24) is 4.90 Å². The molecule has 0 aromatic heterocycles. The first-order valence-electron chi connectivity index (χ1n) is 7.48. The zero-order valence-electron chi connectivity index (χ0n) is 13.4. The van der Waals surface area contributed by atoms with Gasteiger partial charge >= 0.3 is 0 Å². The summed E-state index contributed by atoms with van der Waals surface area (Å²) in [5.74, 6) is 1.90. The molecule has 1 atom stereocenters. The van der Waals surface area contributed by atoms with Crippen molar-refractivity contribution in [2.75, 3.05) is 27.3 Å². The first kappa shape index (κ1) is 16.4. The maximum atomic E-state index is 11.9. The van der Waals surface area contributed by atoms with Crippen LogP contribution in [-0.4, -0.2) is 50.3 Å².